The maximum atomic E-state index is 12.7. The molecule has 3 aromatic rings. The van der Waals surface area contributed by atoms with Crippen molar-refractivity contribution in [2.75, 3.05) is 13.2 Å². The zero-order valence-corrected chi connectivity index (χ0v) is 25.9. The number of ether oxygens (including phenoxy) is 2. The van der Waals surface area contributed by atoms with Crippen LogP contribution in [0.5, 0.6) is 5.75 Å². The van der Waals surface area contributed by atoms with Crippen molar-refractivity contribution in [3.63, 3.8) is 0 Å². The number of rotatable bonds is 13. The van der Waals surface area contributed by atoms with Crippen LogP contribution in [0.2, 0.25) is 0 Å². The Labute approximate surface area is 247 Å². The molecule has 2 aromatic carbocycles. The smallest absolute Gasteiger partial charge is 0.407 e. The van der Waals surface area contributed by atoms with Crippen molar-refractivity contribution >= 4 is 26.3 Å². The van der Waals surface area contributed by atoms with Gasteiger partial charge in [0.2, 0.25) is 0 Å². The van der Waals surface area contributed by atoms with Gasteiger partial charge in [-0.2, -0.15) is 16.8 Å². The molecule has 1 heterocycles. The molecule has 13 heteroatoms. The summed E-state index contributed by atoms with van der Waals surface area (Å²) in [5, 5.41) is 2.63. The molecule has 228 valence electrons. The molecule has 42 heavy (non-hydrogen) atoms. The largest absolute Gasteiger partial charge is 0.493 e. The van der Waals surface area contributed by atoms with Gasteiger partial charge < -0.3 is 14.8 Å². The van der Waals surface area contributed by atoms with Gasteiger partial charge in [-0.05, 0) is 65.3 Å². The van der Waals surface area contributed by atoms with Crippen LogP contribution < -0.4 is 10.1 Å². The van der Waals surface area contributed by atoms with Crippen LogP contribution in [0.3, 0.4) is 0 Å². The van der Waals surface area contributed by atoms with E-state index in [0.29, 0.717) is 12.2 Å². The molecule has 0 aliphatic heterocycles. The van der Waals surface area contributed by atoms with Crippen molar-refractivity contribution in [3.8, 4) is 5.75 Å². The summed E-state index contributed by atoms with van der Waals surface area (Å²) in [4.78, 5) is 16.1. The molecule has 0 bridgehead atoms. The Morgan fingerprint density at radius 3 is 1.67 bits per heavy atom. The summed E-state index contributed by atoms with van der Waals surface area (Å²) in [5.74, 6) is 0.292. The number of hydrogen-bond donors (Lipinski definition) is 1. The van der Waals surface area contributed by atoms with Crippen LogP contribution in [0.15, 0.2) is 70.5 Å². The fraction of sp³-hybridized carbons (Fsp3) is 0.379. The molecule has 0 saturated carbocycles. The van der Waals surface area contributed by atoms with Crippen LogP contribution in [0.1, 0.15) is 49.7 Å². The number of nitrogens with zero attached hydrogens (tertiary/aromatic N) is 1. The minimum atomic E-state index is -4.08. The maximum Gasteiger partial charge on any atom is 0.407 e. The zero-order chi connectivity index (χ0) is 31.0. The highest BCUT2D eigenvalue weighted by atomic mass is 32.2. The lowest BCUT2D eigenvalue weighted by atomic mass is 10.2. The summed E-state index contributed by atoms with van der Waals surface area (Å²) in [5.41, 5.74) is 1.54. The topological polar surface area (TPSA) is 147 Å². The van der Waals surface area contributed by atoms with E-state index in [-0.39, 0.29) is 34.3 Å². The fourth-order valence-electron chi connectivity index (χ4n) is 3.44. The highest BCUT2D eigenvalue weighted by Crippen LogP contribution is 2.21. The van der Waals surface area contributed by atoms with Gasteiger partial charge in [0, 0.05) is 18.7 Å². The number of aromatic nitrogens is 1. The third-order valence-electron chi connectivity index (χ3n) is 5.51. The van der Waals surface area contributed by atoms with Crippen molar-refractivity contribution in [1.82, 2.24) is 10.3 Å². The second-order valence-corrected chi connectivity index (χ2v) is 13.7. The fourth-order valence-corrected chi connectivity index (χ4v) is 5.20. The molecule has 0 fully saturated rings. The van der Waals surface area contributed by atoms with Crippen molar-refractivity contribution in [1.29, 1.82) is 0 Å². The predicted octanol–water partition coefficient (Wildman–Crippen LogP) is 4.80. The lowest BCUT2D eigenvalue weighted by Gasteiger charge is -2.19. The van der Waals surface area contributed by atoms with E-state index in [4.69, 9.17) is 17.8 Å². The second kappa shape index (κ2) is 14.1. The van der Waals surface area contributed by atoms with E-state index < -0.39 is 45.1 Å². The average molecular weight is 621 g/mol. The number of aryl methyl sites for hydroxylation is 2. The summed E-state index contributed by atoms with van der Waals surface area (Å²) in [6, 6.07) is 15.4. The van der Waals surface area contributed by atoms with Crippen molar-refractivity contribution in [2.24, 2.45) is 0 Å². The highest BCUT2D eigenvalue weighted by molar-refractivity contribution is 7.87. The van der Waals surface area contributed by atoms with E-state index in [1.54, 1.807) is 45.0 Å². The van der Waals surface area contributed by atoms with Gasteiger partial charge in [-0.3, -0.25) is 13.4 Å². The van der Waals surface area contributed by atoms with Gasteiger partial charge in [-0.15, -0.1) is 0 Å². The van der Waals surface area contributed by atoms with Crippen LogP contribution in [0, 0.1) is 13.8 Å². The number of hydrogen-bond acceptors (Lipinski definition) is 10. The quantitative estimate of drug-likeness (QED) is 0.209. The van der Waals surface area contributed by atoms with Crippen LogP contribution in [-0.2, 0) is 46.6 Å². The van der Waals surface area contributed by atoms with Gasteiger partial charge in [-0.1, -0.05) is 35.4 Å². The normalized spacial score (nSPS) is 12.1. The van der Waals surface area contributed by atoms with Crippen molar-refractivity contribution in [2.45, 2.75) is 69.6 Å². The van der Waals surface area contributed by atoms with E-state index in [0.717, 1.165) is 11.1 Å². The number of carbonyl (C=O) groups is 1. The van der Waals surface area contributed by atoms with Crippen LogP contribution in [0.25, 0.3) is 0 Å². The Morgan fingerprint density at radius 1 is 0.786 bits per heavy atom. The maximum absolute atomic E-state index is 12.7. The number of benzene rings is 2. The van der Waals surface area contributed by atoms with Crippen LogP contribution in [-0.4, -0.2) is 46.7 Å². The number of alkyl carbamates (subject to hydrolysis) is 1. The van der Waals surface area contributed by atoms with E-state index in [2.05, 4.69) is 10.3 Å². The number of nitrogens with one attached hydrogen (secondary N) is 1. The molecule has 3 rings (SSSR count). The Hall–Kier alpha value is -3.52. The second-order valence-electron chi connectivity index (χ2n) is 10.5. The Morgan fingerprint density at radius 2 is 1.24 bits per heavy atom. The van der Waals surface area contributed by atoms with Gasteiger partial charge in [0.25, 0.3) is 20.2 Å². The molecule has 0 unspecified atom stereocenters. The van der Waals surface area contributed by atoms with Gasteiger partial charge >= 0.3 is 6.09 Å². The molecular weight excluding hydrogens is 584 g/mol. The number of pyridine rings is 1. The average Bonchev–Trinajstić information content (AvgIpc) is 2.90. The minimum absolute atomic E-state index is 0.00857. The lowest BCUT2D eigenvalue weighted by molar-refractivity contribution is 0.0525. The highest BCUT2D eigenvalue weighted by Gasteiger charge is 2.19. The summed E-state index contributed by atoms with van der Waals surface area (Å²) in [6.45, 7) is 8.58. The summed E-state index contributed by atoms with van der Waals surface area (Å²) < 4.78 is 72.1. The monoisotopic (exact) mass is 620 g/mol. The van der Waals surface area contributed by atoms with E-state index in [1.165, 1.54) is 36.4 Å². The van der Waals surface area contributed by atoms with E-state index in [9.17, 15) is 21.6 Å². The molecule has 1 aromatic heterocycles. The lowest BCUT2D eigenvalue weighted by Crippen LogP contribution is -2.33. The first kappa shape index (κ1) is 33.0. The van der Waals surface area contributed by atoms with Gasteiger partial charge in [0.1, 0.15) is 24.6 Å². The first-order chi connectivity index (χ1) is 19.6. The zero-order valence-electron chi connectivity index (χ0n) is 24.2. The summed E-state index contributed by atoms with van der Waals surface area (Å²) in [6.07, 6.45) is -0.113. The molecule has 0 aliphatic rings. The third kappa shape index (κ3) is 10.7. The first-order valence-electron chi connectivity index (χ1n) is 13.1. The van der Waals surface area contributed by atoms with Gasteiger partial charge in [0.15, 0.2) is 0 Å². The van der Waals surface area contributed by atoms with Gasteiger partial charge in [-0.25, -0.2) is 4.79 Å². The molecule has 1 amide bonds. The predicted molar refractivity (Wildman–Crippen MR) is 155 cm³/mol. The SMILES string of the molecule is Cc1ccc(S(=O)(=O)OCc2cc(OCCCNC(=O)OC(C)(C)C)cc(COS(=O)(=O)c3ccc(C)cc3)n2)cc1. The Balaban J connectivity index is 1.70. The van der Waals surface area contributed by atoms with E-state index >= 15 is 0 Å². The van der Waals surface area contributed by atoms with Gasteiger partial charge in [0.05, 0.1) is 27.8 Å². The number of carbonyl (C=O) groups excluding carboxylic acids is 1. The van der Waals surface area contributed by atoms with Crippen molar-refractivity contribution < 1.29 is 39.5 Å². The molecule has 11 nitrogen and oxygen atoms in total. The summed E-state index contributed by atoms with van der Waals surface area (Å²) >= 11 is 0. The summed E-state index contributed by atoms with van der Waals surface area (Å²) in [7, 11) is -8.16. The molecule has 0 saturated heterocycles. The Kier molecular flexibility index (Phi) is 11.1. The molecular formula is C29H36N2O9S2. The molecule has 0 radical (unpaired) electrons. The first-order valence-corrected chi connectivity index (χ1v) is 16.0. The molecule has 0 spiro atoms. The van der Waals surface area contributed by atoms with Crippen LogP contribution >= 0.6 is 0 Å². The van der Waals surface area contributed by atoms with Crippen molar-refractivity contribution in [3.05, 3.63) is 83.2 Å². The minimum Gasteiger partial charge on any atom is -0.493 e. The molecule has 1 N–H and O–H groups in total. The van der Waals surface area contributed by atoms with E-state index in [1.807, 2.05) is 13.8 Å². The van der Waals surface area contributed by atoms with Crippen LogP contribution in [0.4, 0.5) is 4.79 Å². The molecule has 0 aliphatic carbocycles. The molecule has 0 atom stereocenters. The third-order valence-corrected chi connectivity index (χ3v) is 8.06. The Bertz CT molecular complexity index is 1470. The number of amides is 1. The standard InChI is InChI=1S/C29H36N2O9S2/c1-21-7-11-26(12-8-21)41(33,34)38-19-23-17-25(37-16-6-15-30-28(32)40-29(3,4)5)18-24(31-23)20-39-42(35,36)27-13-9-22(2)10-14-27/h7-14,17-18H,6,15-16,19-20H2,1-5H3,(H,30,32).